The summed E-state index contributed by atoms with van der Waals surface area (Å²) in [5.74, 6) is 1.92. The second kappa shape index (κ2) is 13.7. The van der Waals surface area contributed by atoms with Crippen molar-refractivity contribution in [3.8, 4) is 56.4 Å². The number of anilines is 2. The lowest BCUT2D eigenvalue weighted by Crippen LogP contribution is -2.27. The number of aromatic nitrogens is 3. The van der Waals surface area contributed by atoms with E-state index < -0.39 is 0 Å². The van der Waals surface area contributed by atoms with E-state index in [-0.39, 0.29) is 6.04 Å². The van der Waals surface area contributed by atoms with Gasteiger partial charge in [0.15, 0.2) is 17.5 Å². The molecule has 1 aromatic heterocycles. The number of fused-ring (bicyclic) bond motifs is 5. The van der Waals surface area contributed by atoms with Crippen LogP contribution in [-0.4, -0.2) is 21.0 Å². The first kappa shape index (κ1) is 33.0. The summed E-state index contributed by atoms with van der Waals surface area (Å²) in [6.45, 7) is 0. The van der Waals surface area contributed by atoms with Crippen LogP contribution in [-0.2, 0) is 0 Å². The molecular weight excluding hydrogens is 693 g/mol. The van der Waals surface area contributed by atoms with Gasteiger partial charge in [0.2, 0.25) is 0 Å². The summed E-state index contributed by atoms with van der Waals surface area (Å²) < 4.78 is 0. The third-order valence-electron chi connectivity index (χ3n) is 11.3. The molecule has 57 heavy (non-hydrogen) atoms. The van der Waals surface area contributed by atoms with E-state index in [1.807, 2.05) is 6.07 Å². The zero-order valence-electron chi connectivity index (χ0n) is 31.1. The van der Waals surface area contributed by atoms with E-state index in [0.29, 0.717) is 17.5 Å². The first-order valence-electron chi connectivity index (χ1n) is 19.5. The number of nitrogens with zero attached hydrogens (tertiary/aromatic N) is 4. The molecule has 0 saturated heterocycles. The molecule has 268 valence electrons. The maximum atomic E-state index is 5.28. The van der Waals surface area contributed by atoms with Crippen molar-refractivity contribution in [2.45, 2.75) is 12.5 Å². The second-order valence-corrected chi connectivity index (χ2v) is 14.8. The molecule has 0 amide bonds. The molecule has 4 nitrogen and oxygen atoms in total. The van der Waals surface area contributed by atoms with Gasteiger partial charge < -0.3 is 4.90 Å². The monoisotopic (exact) mass is 728 g/mol. The third-order valence-corrected chi connectivity index (χ3v) is 11.3. The first-order valence-corrected chi connectivity index (χ1v) is 19.5. The highest BCUT2D eigenvalue weighted by Gasteiger charge is 2.36. The molecule has 8 aromatic carbocycles. The van der Waals surface area contributed by atoms with Crippen molar-refractivity contribution in [1.29, 1.82) is 0 Å². The fraction of sp³-hybridized carbons (Fsp3) is 0.0377. The lowest BCUT2D eigenvalue weighted by Gasteiger charge is -2.30. The summed E-state index contributed by atoms with van der Waals surface area (Å²) in [6.07, 6.45) is 7.70. The summed E-state index contributed by atoms with van der Waals surface area (Å²) in [4.78, 5) is 18.3. The summed E-state index contributed by atoms with van der Waals surface area (Å²) in [5.41, 5.74) is 12.5. The number of rotatable bonds is 6. The predicted molar refractivity (Wildman–Crippen MR) is 236 cm³/mol. The van der Waals surface area contributed by atoms with Crippen molar-refractivity contribution in [3.63, 3.8) is 0 Å². The number of allylic oxidation sites excluding steroid dienone is 2. The largest absolute Gasteiger partial charge is 0.332 e. The summed E-state index contributed by atoms with van der Waals surface area (Å²) in [6, 6.07) is 64.8. The van der Waals surface area contributed by atoms with Crippen LogP contribution in [0.5, 0.6) is 0 Å². The van der Waals surface area contributed by atoms with Gasteiger partial charge in [0.05, 0.1) is 11.7 Å². The molecule has 11 rings (SSSR count). The van der Waals surface area contributed by atoms with Crippen molar-refractivity contribution in [2.24, 2.45) is 0 Å². The molecular formula is C53H36N4. The van der Waals surface area contributed by atoms with Crippen LogP contribution in [0.3, 0.4) is 0 Å². The van der Waals surface area contributed by atoms with Gasteiger partial charge in [0.25, 0.3) is 0 Å². The van der Waals surface area contributed by atoms with Crippen LogP contribution < -0.4 is 4.90 Å². The molecule has 0 fully saturated rings. The van der Waals surface area contributed by atoms with Crippen molar-refractivity contribution >= 4 is 38.5 Å². The standard InChI is InChI=1S/C53H36N4/c1-3-14-35(15-4-1)39-21-13-22-42(30-39)51-54-52(43-27-26-37-18-7-8-19-38(37)31-43)56-53(55-51)44-32-41-20-9-10-23-45(41)50(34-44)57-48-25-12-11-24-46(48)47-33-40(28-29-49(47)57)36-16-5-2-6-17-36/h1-24,26-34,48H,25H2. The summed E-state index contributed by atoms with van der Waals surface area (Å²) in [5, 5.41) is 4.65. The molecule has 0 bridgehead atoms. The minimum atomic E-state index is 0.164. The van der Waals surface area contributed by atoms with E-state index in [1.165, 1.54) is 38.7 Å². The fourth-order valence-corrected chi connectivity index (χ4v) is 8.56. The normalized spacial score (nSPS) is 14.4. The SMILES string of the molecule is C1=CCC2C(=C1)c1cc(-c3ccccc3)ccc1N2c1cc(-c2nc(-c3cccc(-c4ccccc4)c3)nc(-c3ccc4ccccc4c3)n2)cc2ccccc12. The highest BCUT2D eigenvalue weighted by molar-refractivity contribution is 6.04. The average Bonchev–Trinajstić information content (AvgIpc) is 3.62. The molecule has 0 saturated carbocycles. The smallest absolute Gasteiger partial charge is 0.164 e. The summed E-state index contributed by atoms with van der Waals surface area (Å²) in [7, 11) is 0. The zero-order valence-corrected chi connectivity index (χ0v) is 31.1. The Morgan fingerprint density at radius 1 is 0.404 bits per heavy atom. The third kappa shape index (κ3) is 5.90. The van der Waals surface area contributed by atoms with Crippen molar-refractivity contribution in [3.05, 3.63) is 206 Å². The lowest BCUT2D eigenvalue weighted by atomic mass is 9.93. The van der Waals surface area contributed by atoms with Crippen molar-refractivity contribution in [2.75, 3.05) is 4.90 Å². The van der Waals surface area contributed by atoms with Gasteiger partial charge in [0.1, 0.15) is 0 Å². The van der Waals surface area contributed by atoms with Crippen LogP contribution in [0.25, 0.3) is 83.5 Å². The van der Waals surface area contributed by atoms with Crippen LogP contribution >= 0.6 is 0 Å². The van der Waals surface area contributed by atoms with E-state index in [2.05, 4.69) is 199 Å². The number of hydrogen-bond acceptors (Lipinski definition) is 4. The molecule has 1 unspecified atom stereocenters. The Hall–Kier alpha value is -7.43. The Balaban J connectivity index is 1.11. The minimum absolute atomic E-state index is 0.164. The van der Waals surface area contributed by atoms with Gasteiger partial charge in [-0.1, -0.05) is 164 Å². The van der Waals surface area contributed by atoms with Gasteiger partial charge in [-0.2, -0.15) is 0 Å². The molecule has 1 atom stereocenters. The van der Waals surface area contributed by atoms with Crippen LogP contribution in [0, 0.1) is 0 Å². The van der Waals surface area contributed by atoms with Crippen LogP contribution in [0.4, 0.5) is 11.4 Å². The van der Waals surface area contributed by atoms with Crippen molar-refractivity contribution < 1.29 is 0 Å². The Bertz CT molecular complexity index is 3060. The molecule has 2 heterocycles. The molecule has 0 N–H and O–H groups in total. The highest BCUT2D eigenvalue weighted by atomic mass is 15.2. The molecule has 0 spiro atoms. The van der Waals surface area contributed by atoms with Crippen LogP contribution in [0.15, 0.2) is 200 Å². The fourth-order valence-electron chi connectivity index (χ4n) is 8.56. The van der Waals surface area contributed by atoms with E-state index >= 15 is 0 Å². The van der Waals surface area contributed by atoms with Crippen LogP contribution in [0.2, 0.25) is 0 Å². The lowest BCUT2D eigenvalue weighted by molar-refractivity contribution is 0.832. The maximum absolute atomic E-state index is 5.28. The number of benzene rings is 8. The predicted octanol–water partition coefficient (Wildman–Crippen LogP) is 13.4. The summed E-state index contributed by atoms with van der Waals surface area (Å²) >= 11 is 0. The highest BCUT2D eigenvalue weighted by Crippen LogP contribution is 2.50. The van der Waals surface area contributed by atoms with Gasteiger partial charge in [-0.05, 0) is 86.8 Å². The molecule has 1 aliphatic carbocycles. The second-order valence-electron chi connectivity index (χ2n) is 14.8. The van der Waals surface area contributed by atoms with Gasteiger partial charge >= 0.3 is 0 Å². The Morgan fingerprint density at radius 2 is 0.982 bits per heavy atom. The Morgan fingerprint density at radius 3 is 1.75 bits per heavy atom. The number of hydrogen-bond donors (Lipinski definition) is 0. The Labute approximate surface area is 331 Å². The molecule has 2 aliphatic rings. The zero-order chi connectivity index (χ0) is 37.7. The van der Waals surface area contributed by atoms with Gasteiger partial charge in [-0.3, -0.25) is 0 Å². The van der Waals surface area contributed by atoms with Crippen LogP contribution in [0.1, 0.15) is 12.0 Å². The van der Waals surface area contributed by atoms with Gasteiger partial charge in [-0.15, -0.1) is 0 Å². The van der Waals surface area contributed by atoms with E-state index in [0.717, 1.165) is 50.7 Å². The minimum Gasteiger partial charge on any atom is -0.332 e. The van der Waals surface area contributed by atoms with Gasteiger partial charge in [0, 0.05) is 33.3 Å². The molecule has 4 heteroatoms. The first-order chi connectivity index (χ1) is 28.2. The quantitative estimate of drug-likeness (QED) is 0.171. The molecule has 0 radical (unpaired) electrons. The van der Waals surface area contributed by atoms with E-state index in [9.17, 15) is 0 Å². The maximum Gasteiger partial charge on any atom is 0.164 e. The Kier molecular flexibility index (Phi) is 7.92. The average molecular weight is 729 g/mol. The molecule has 9 aromatic rings. The topological polar surface area (TPSA) is 41.9 Å². The van der Waals surface area contributed by atoms with E-state index in [1.54, 1.807) is 0 Å². The van der Waals surface area contributed by atoms with Gasteiger partial charge in [-0.25, -0.2) is 15.0 Å². The van der Waals surface area contributed by atoms with Crippen molar-refractivity contribution in [1.82, 2.24) is 15.0 Å². The molecule has 1 aliphatic heterocycles. The van der Waals surface area contributed by atoms with E-state index in [4.69, 9.17) is 15.0 Å².